The van der Waals surface area contributed by atoms with Crippen LogP contribution < -0.4 is 0 Å². The topological polar surface area (TPSA) is 58.2 Å². The largest absolute Gasteiger partial charge is 0.444 e. The zero-order valence-electron chi connectivity index (χ0n) is 17.8. The number of imidazole rings is 1. The summed E-state index contributed by atoms with van der Waals surface area (Å²) in [6, 6.07) is 13.1. The molecule has 2 heterocycles. The summed E-state index contributed by atoms with van der Waals surface area (Å²) in [4.78, 5) is 22.2. The van der Waals surface area contributed by atoms with Crippen LogP contribution in [-0.2, 0) is 4.74 Å². The summed E-state index contributed by atoms with van der Waals surface area (Å²) >= 11 is 2.04. The van der Waals surface area contributed by atoms with Gasteiger partial charge < -0.3 is 9.72 Å². The first kappa shape index (κ1) is 21.8. The molecule has 31 heavy (non-hydrogen) atoms. The molecule has 1 aromatic heterocycles. The van der Waals surface area contributed by atoms with Crippen molar-refractivity contribution in [2.45, 2.75) is 45.3 Å². The van der Waals surface area contributed by atoms with Crippen LogP contribution in [0.25, 0.3) is 22.4 Å². The number of benzene rings is 2. The second-order valence-electron chi connectivity index (χ2n) is 8.70. The Kier molecular flexibility index (Phi) is 6.05. The van der Waals surface area contributed by atoms with Crippen LogP contribution >= 0.6 is 22.6 Å². The Labute approximate surface area is 195 Å². The van der Waals surface area contributed by atoms with E-state index in [0.29, 0.717) is 15.9 Å². The van der Waals surface area contributed by atoms with Gasteiger partial charge in [0.05, 0.1) is 21.5 Å². The maximum atomic E-state index is 14.7. The summed E-state index contributed by atoms with van der Waals surface area (Å²) in [5.41, 5.74) is 2.68. The first-order valence-electron chi connectivity index (χ1n) is 10.3. The smallest absolute Gasteiger partial charge is 0.410 e. The average molecular weight is 533 g/mol. The lowest BCUT2D eigenvalue weighted by Gasteiger charge is -2.27. The van der Waals surface area contributed by atoms with E-state index in [2.05, 4.69) is 9.97 Å². The van der Waals surface area contributed by atoms with Gasteiger partial charge in [0.2, 0.25) is 0 Å². The van der Waals surface area contributed by atoms with Crippen LogP contribution in [0.3, 0.4) is 0 Å². The molecular formula is C24H25FIN3O2. The fourth-order valence-electron chi connectivity index (χ4n) is 3.82. The van der Waals surface area contributed by atoms with Crippen LogP contribution in [0, 0.1) is 9.39 Å². The lowest BCUT2D eigenvalue weighted by molar-refractivity contribution is 0.0218. The second-order valence-corrected chi connectivity index (χ2v) is 9.78. The van der Waals surface area contributed by atoms with Crippen LogP contribution in [0.1, 0.15) is 45.5 Å². The van der Waals surface area contributed by atoms with Crippen molar-refractivity contribution in [3.8, 4) is 22.4 Å². The highest BCUT2D eigenvalue weighted by atomic mass is 127. The number of aromatic nitrogens is 2. The minimum atomic E-state index is -0.550. The summed E-state index contributed by atoms with van der Waals surface area (Å²) in [5.74, 6) is 0.419. The molecule has 1 fully saturated rings. The molecule has 4 rings (SSSR count). The van der Waals surface area contributed by atoms with Gasteiger partial charge in [0, 0.05) is 12.1 Å². The van der Waals surface area contributed by atoms with E-state index in [0.717, 1.165) is 35.2 Å². The fourth-order valence-corrected chi connectivity index (χ4v) is 4.44. The molecule has 0 aliphatic carbocycles. The quantitative estimate of drug-likeness (QED) is 0.388. The first-order chi connectivity index (χ1) is 14.7. The van der Waals surface area contributed by atoms with Gasteiger partial charge in [0.15, 0.2) is 0 Å². The van der Waals surface area contributed by atoms with Crippen LogP contribution in [0.4, 0.5) is 9.18 Å². The van der Waals surface area contributed by atoms with Crippen molar-refractivity contribution in [2.24, 2.45) is 0 Å². The van der Waals surface area contributed by atoms with E-state index < -0.39 is 5.60 Å². The molecule has 1 unspecified atom stereocenters. The molecule has 1 saturated heterocycles. The third-order valence-electron chi connectivity index (χ3n) is 5.22. The van der Waals surface area contributed by atoms with Crippen molar-refractivity contribution in [1.29, 1.82) is 0 Å². The molecule has 5 nitrogen and oxygen atoms in total. The molecule has 7 heteroatoms. The summed E-state index contributed by atoms with van der Waals surface area (Å²) in [5, 5.41) is 0. The van der Waals surface area contributed by atoms with Crippen molar-refractivity contribution >= 4 is 28.7 Å². The third kappa shape index (κ3) is 4.76. The summed E-state index contributed by atoms with van der Waals surface area (Å²) < 4.78 is 20.9. The van der Waals surface area contributed by atoms with E-state index in [1.54, 1.807) is 11.1 Å². The Balaban J connectivity index is 1.63. The maximum absolute atomic E-state index is 14.7. The molecule has 0 saturated carbocycles. The van der Waals surface area contributed by atoms with E-state index in [9.17, 15) is 9.18 Å². The van der Waals surface area contributed by atoms with Crippen molar-refractivity contribution < 1.29 is 13.9 Å². The first-order valence-corrected chi connectivity index (χ1v) is 11.4. The third-order valence-corrected chi connectivity index (χ3v) is 6.31. The fraction of sp³-hybridized carbons (Fsp3) is 0.333. The number of likely N-dealkylation sites (tertiary alicyclic amines) is 1. The Morgan fingerprint density at radius 1 is 1.23 bits per heavy atom. The molecule has 1 atom stereocenters. The molecule has 1 aliphatic heterocycles. The maximum Gasteiger partial charge on any atom is 0.410 e. The highest BCUT2D eigenvalue weighted by Gasteiger charge is 2.34. The van der Waals surface area contributed by atoms with Crippen molar-refractivity contribution in [3.05, 3.63) is 63.9 Å². The minimum Gasteiger partial charge on any atom is -0.444 e. The highest BCUT2D eigenvalue weighted by Crippen LogP contribution is 2.35. The second kappa shape index (κ2) is 8.61. The predicted octanol–water partition coefficient (Wildman–Crippen LogP) is 6.56. The van der Waals surface area contributed by atoms with E-state index in [-0.39, 0.29) is 18.0 Å². The molecular weight excluding hydrogens is 508 g/mol. The number of nitrogens with zero attached hydrogens (tertiary/aromatic N) is 2. The average Bonchev–Trinajstić information content (AvgIpc) is 3.38. The molecule has 1 aliphatic rings. The number of amides is 1. The van der Waals surface area contributed by atoms with Gasteiger partial charge in [0.1, 0.15) is 17.2 Å². The van der Waals surface area contributed by atoms with Crippen LogP contribution in [0.15, 0.2) is 48.7 Å². The Bertz CT molecular complexity index is 1090. The number of carbonyl (C=O) groups is 1. The monoisotopic (exact) mass is 533 g/mol. The van der Waals surface area contributed by atoms with E-state index in [1.807, 2.05) is 79.8 Å². The summed E-state index contributed by atoms with van der Waals surface area (Å²) in [6.45, 7) is 6.20. The number of nitrogens with one attached hydrogen (secondary N) is 1. The standard InChI is InChI=1S/C24H25FIN3O2/c1-24(2,3)31-23(30)29-11-7-10-20(29)22-27-14-19(28-22)16-12-17(21(26)18(25)13-16)15-8-5-4-6-9-15/h4-6,8-9,12-14,20H,7,10-11H2,1-3H3,(H,27,28). The number of halogens is 2. The molecule has 2 aromatic carbocycles. The van der Waals surface area contributed by atoms with Gasteiger partial charge in [-0.3, -0.25) is 4.90 Å². The molecule has 162 valence electrons. The van der Waals surface area contributed by atoms with Crippen LogP contribution in [-0.4, -0.2) is 33.1 Å². The number of H-pyrrole nitrogens is 1. The Morgan fingerprint density at radius 2 is 1.97 bits per heavy atom. The lowest BCUT2D eigenvalue weighted by Crippen LogP contribution is -2.36. The molecule has 0 spiro atoms. The number of hydrogen-bond donors (Lipinski definition) is 1. The number of rotatable bonds is 3. The van der Waals surface area contributed by atoms with Gasteiger partial charge >= 0.3 is 6.09 Å². The normalized spacial score (nSPS) is 16.5. The molecule has 0 bridgehead atoms. The van der Waals surface area contributed by atoms with Crippen LogP contribution in [0.5, 0.6) is 0 Å². The number of carbonyl (C=O) groups excluding carboxylic acids is 1. The number of ether oxygens (including phenoxy) is 1. The SMILES string of the molecule is CC(C)(C)OC(=O)N1CCCC1c1ncc(-c2cc(F)c(I)c(-c3ccccc3)c2)[nH]1. The minimum absolute atomic E-state index is 0.175. The van der Waals surface area contributed by atoms with E-state index in [4.69, 9.17) is 4.74 Å². The number of hydrogen-bond acceptors (Lipinski definition) is 3. The van der Waals surface area contributed by atoms with Gasteiger partial charge in [-0.2, -0.15) is 0 Å². The molecule has 1 N–H and O–H groups in total. The van der Waals surface area contributed by atoms with Crippen LogP contribution in [0.2, 0.25) is 0 Å². The van der Waals surface area contributed by atoms with Gasteiger partial charge in [-0.25, -0.2) is 14.2 Å². The zero-order valence-corrected chi connectivity index (χ0v) is 19.9. The molecule has 1 amide bonds. The predicted molar refractivity (Wildman–Crippen MR) is 127 cm³/mol. The van der Waals surface area contributed by atoms with Gasteiger partial charge in [-0.05, 0) is 79.5 Å². The van der Waals surface area contributed by atoms with E-state index in [1.165, 1.54) is 6.07 Å². The van der Waals surface area contributed by atoms with Crippen molar-refractivity contribution in [3.63, 3.8) is 0 Å². The lowest BCUT2D eigenvalue weighted by atomic mass is 10.0. The summed E-state index contributed by atoms with van der Waals surface area (Å²) in [7, 11) is 0. The summed E-state index contributed by atoms with van der Waals surface area (Å²) in [6.07, 6.45) is 3.07. The van der Waals surface area contributed by atoms with Gasteiger partial charge in [0.25, 0.3) is 0 Å². The number of aromatic amines is 1. The Hall–Kier alpha value is -2.42. The van der Waals surface area contributed by atoms with Crippen molar-refractivity contribution in [2.75, 3.05) is 6.54 Å². The Morgan fingerprint density at radius 3 is 2.68 bits per heavy atom. The van der Waals surface area contributed by atoms with Crippen molar-refractivity contribution in [1.82, 2.24) is 14.9 Å². The highest BCUT2D eigenvalue weighted by molar-refractivity contribution is 14.1. The molecule has 0 radical (unpaired) electrons. The van der Waals surface area contributed by atoms with E-state index >= 15 is 0 Å². The van der Waals surface area contributed by atoms with Gasteiger partial charge in [-0.15, -0.1) is 0 Å². The van der Waals surface area contributed by atoms with Gasteiger partial charge in [-0.1, -0.05) is 30.3 Å². The molecule has 3 aromatic rings. The zero-order chi connectivity index (χ0) is 22.2.